The Hall–Kier alpha value is -2.09. The summed E-state index contributed by atoms with van der Waals surface area (Å²) in [5.74, 6) is -2.54. The third kappa shape index (κ3) is 5.27. The summed E-state index contributed by atoms with van der Waals surface area (Å²) in [4.78, 5) is 31.8. The number of benzene rings is 1. The van der Waals surface area contributed by atoms with E-state index in [0.717, 1.165) is 11.8 Å². The molecule has 8 heteroatoms. The number of nitro groups is 1. The van der Waals surface area contributed by atoms with Crippen molar-refractivity contribution in [3.05, 3.63) is 46.0 Å². The van der Waals surface area contributed by atoms with Crippen LogP contribution in [0.2, 0.25) is 0 Å². The maximum absolute atomic E-state index is 11.0. The van der Waals surface area contributed by atoms with Crippen molar-refractivity contribution >= 4 is 23.7 Å². The van der Waals surface area contributed by atoms with Gasteiger partial charge in [-0.1, -0.05) is 30.3 Å². The van der Waals surface area contributed by atoms with Gasteiger partial charge in [-0.2, -0.15) is 0 Å². The minimum atomic E-state index is -1.29. The van der Waals surface area contributed by atoms with E-state index < -0.39 is 40.3 Å². The highest BCUT2D eigenvalue weighted by Crippen LogP contribution is 2.34. The molecule has 108 valence electrons. The van der Waals surface area contributed by atoms with Crippen LogP contribution in [0.15, 0.2) is 30.3 Å². The lowest BCUT2D eigenvalue weighted by Crippen LogP contribution is -2.23. The Balaban J connectivity index is 2.90. The van der Waals surface area contributed by atoms with Gasteiger partial charge in [0.15, 0.2) is 0 Å². The van der Waals surface area contributed by atoms with Gasteiger partial charge in [-0.3, -0.25) is 19.7 Å². The van der Waals surface area contributed by atoms with Crippen LogP contribution in [-0.4, -0.2) is 38.9 Å². The number of rotatable bonds is 8. The minimum Gasteiger partial charge on any atom is -0.481 e. The van der Waals surface area contributed by atoms with Crippen LogP contribution >= 0.6 is 11.8 Å². The molecule has 2 unspecified atom stereocenters. The van der Waals surface area contributed by atoms with Crippen LogP contribution < -0.4 is 0 Å². The van der Waals surface area contributed by atoms with Crippen molar-refractivity contribution in [2.45, 2.75) is 16.9 Å². The van der Waals surface area contributed by atoms with Gasteiger partial charge in [-0.05, 0) is 5.56 Å². The number of hydrogen-bond donors (Lipinski definition) is 2. The van der Waals surface area contributed by atoms with E-state index in [1.165, 1.54) is 0 Å². The summed E-state index contributed by atoms with van der Waals surface area (Å²) >= 11 is 0.786. The fourth-order valence-corrected chi connectivity index (χ4v) is 2.85. The van der Waals surface area contributed by atoms with Crippen molar-refractivity contribution in [3.8, 4) is 0 Å². The number of aliphatic carboxylic acids is 2. The van der Waals surface area contributed by atoms with Crippen molar-refractivity contribution in [1.29, 1.82) is 0 Å². The molecule has 0 heterocycles. The number of hydrogen-bond acceptors (Lipinski definition) is 5. The highest BCUT2D eigenvalue weighted by atomic mass is 32.2. The summed E-state index contributed by atoms with van der Waals surface area (Å²) < 4.78 is 0. The quantitative estimate of drug-likeness (QED) is 0.553. The number of nitrogens with zero attached hydrogens (tertiary/aromatic N) is 1. The summed E-state index contributed by atoms with van der Waals surface area (Å²) in [6.45, 7) is -0.460. The van der Waals surface area contributed by atoms with Crippen LogP contribution in [0.4, 0.5) is 0 Å². The number of carboxylic acid groups (broad SMARTS) is 2. The van der Waals surface area contributed by atoms with Gasteiger partial charge < -0.3 is 10.2 Å². The Morgan fingerprint density at radius 1 is 1.25 bits per heavy atom. The third-order valence-electron chi connectivity index (χ3n) is 2.45. The van der Waals surface area contributed by atoms with E-state index in [2.05, 4.69) is 0 Å². The van der Waals surface area contributed by atoms with Crippen LogP contribution in [0.25, 0.3) is 0 Å². The highest BCUT2D eigenvalue weighted by Gasteiger charge is 2.29. The van der Waals surface area contributed by atoms with Crippen molar-refractivity contribution in [1.82, 2.24) is 0 Å². The first-order valence-electron chi connectivity index (χ1n) is 5.67. The van der Waals surface area contributed by atoms with Crippen LogP contribution in [-0.2, 0) is 9.59 Å². The molecule has 1 rings (SSSR count). The number of carbonyl (C=O) groups is 2. The molecule has 1 aromatic carbocycles. The van der Waals surface area contributed by atoms with Gasteiger partial charge in [-0.25, -0.2) is 0 Å². The highest BCUT2D eigenvalue weighted by molar-refractivity contribution is 8.00. The molecule has 2 atom stereocenters. The Labute approximate surface area is 118 Å². The zero-order chi connectivity index (χ0) is 15.1. The van der Waals surface area contributed by atoms with Gasteiger partial charge in [0.1, 0.15) is 5.25 Å². The smallest absolute Gasteiger partial charge is 0.317 e. The van der Waals surface area contributed by atoms with E-state index in [9.17, 15) is 19.7 Å². The zero-order valence-electron chi connectivity index (χ0n) is 10.3. The Morgan fingerprint density at radius 2 is 1.85 bits per heavy atom. The van der Waals surface area contributed by atoms with Gasteiger partial charge in [0.25, 0.3) is 0 Å². The molecule has 0 aliphatic heterocycles. The molecule has 0 fully saturated rings. The topological polar surface area (TPSA) is 118 Å². The zero-order valence-corrected chi connectivity index (χ0v) is 11.2. The van der Waals surface area contributed by atoms with Gasteiger partial charge >= 0.3 is 11.9 Å². The largest absolute Gasteiger partial charge is 0.481 e. The molecule has 0 spiro atoms. The Kier molecular flexibility index (Phi) is 5.98. The summed E-state index contributed by atoms with van der Waals surface area (Å²) in [5.41, 5.74) is 0.603. The van der Waals surface area contributed by atoms with Crippen LogP contribution in [0, 0.1) is 10.1 Å². The summed E-state index contributed by atoms with van der Waals surface area (Å²) in [7, 11) is 0. The lowest BCUT2D eigenvalue weighted by atomic mass is 10.1. The van der Waals surface area contributed by atoms with Gasteiger partial charge in [-0.15, -0.1) is 11.8 Å². The van der Waals surface area contributed by atoms with E-state index >= 15 is 0 Å². The average Bonchev–Trinajstić information content (AvgIpc) is 2.37. The van der Waals surface area contributed by atoms with E-state index in [1.54, 1.807) is 30.3 Å². The van der Waals surface area contributed by atoms with Crippen LogP contribution in [0.1, 0.15) is 17.2 Å². The van der Waals surface area contributed by atoms with Crippen LogP contribution in [0.3, 0.4) is 0 Å². The molecule has 0 saturated heterocycles. The molecule has 0 bridgehead atoms. The normalized spacial score (nSPS) is 13.4. The molecule has 0 aliphatic rings. The van der Waals surface area contributed by atoms with Gasteiger partial charge in [0, 0.05) is 4.92 Å². The minimum absolute atomic E-state index is 0.460. The maximum Gasteiger partial charge on any atom is 0.317 e. The van der Waals surface area contributed by atoms with E-state index in [0.29, 0.717) is 5.56 Å². The molecule has 0 saturated carbocycles. The average molecular weight is 299 g/mol. The first kappa shape index (κ1) is 16.0. The van der Waals surface area contributed by atoms with Crippen molar-refractivity contribution in [2.24, 2.45) is 0 Å². The molecule has 0 amide bonds. The van der Waals surface area contributed by atoms with Crippen LogP contribution in [0.5, 0.6) is 0 Å². The molecule has 2 N–H and O–H groups in total. The molecule has 1 aromatic rings. The fourth-order valence-electron chi connectivity index (χ4n) is 1.58. The van der Waals surface area contributed by atoms with Gasteiger partial charge in [0.2, 0.25) is 6.54 Å². The molecule has 0 aliphatic carbocycles. The molecule has 0 aromatic heterocycles. The summed E-state index contributed by atoms with van der Waals surface area (Å²) in [6, 6.07) is 8.43. The lowest BCUT2D eigenvalue weighted by molar-refractivity contribution is -0.479. The van der Waals surface area contributed by atoms with E-state index in [-0.39, 0.29) is 0 Å². The predicted molar refractivity (Wildman–Crippen MR) is 72.3 cm³/mol. The second-order valence-electron chi connectivity index (χ2n) is 3.98. The summed E-state index contributed by atoms with van der Waals surface area (Å²) in [5, 5.41) is 26.4. The fraction of sp³-hybridized carbons (Fsp3) is 0.333. The SMILES string of the molecule is O=C(O)CC(SC(C[N+](=O)[O-])c1ccccc1)C(=O)O. The van der Waals surface area contributed by atoms with Crippen molar-refractivity contribution in [3.63, 3.8) is 0 Å². The second kappa shape index (κ2) is 7.49. The molecular formula is C12H13NO6S. The van der Waals surface area contributed by atoms with Gasteiger partial charge in [0.05, 0.1) is 11.7 Å². The molecule has 7 nitrogen and oxygen atoms in total. The number of carboxylic acids is 2. The van der Waals surface area contributed by atoms with Crippen molar-refractivity contribution < 1.29 is 24.7 Å². The second-order valence-corrected chi connectivity index (χ2v) is 5.39. The first-order valence-corrected chi connectivity index (χ1v) is 6.61. The third-order valence-corrected chi connectivity index (χ3v) is 3.90. The Bertz CT molecular complexity index is 492. The monoisotopic (exact) mass is 299 g/mol. The maximum atomic E-state index is 11.0. The van der Waals surface area contributed by atoms with Crippen molar-refractivity contribution in [2.75, 3.05) is 6.54 Å². The standard InChI is InChI=1S/C12H13NO6S/c14-11(15)6-9(12(16)17)20-10(7-13(18)19)8-4-2-1-3-5-8/h1-5,9-10H,6-7H2,(H,14,15)(H,16,17). The first-order chi connectivity index (χ1) is 9.40. The molecule has 0 radical (unpaired) electrons. The summed E-state index contributed by atoms with van der Waals surface area (Å²) in [6.07, 6.45) is -0.582. The predicted octanol–water partition coefficient (Wildman–Crippen LogP) is 1.67. The Morgan fingerprint density at radius 3 is 2.30 bits per heavy atom. The molecule has 20 heavy (non-hydrogen) atoms. The molecular weight excluding hydrogens is 286 g/mol. The van der Waals surface area contributed by atoms with E-state index in [1.807, 2.05) is 0 Å². The number of thioether (sulfide) groups is 1. The van der Waals surface area contributed by atoms with E-state index in [4.69, 9.17) is 10.2 Å². The lowest BCUT2D eigenvalue weighted by Gasteiger charge is -2.17.